The fourth-order valence-electron chi connectivity index (χ4n) is 3.71. The first-order valence-electron chi connectivity index (χ1n) is 9.25. The normalized spacial score (nSPS) is 23.1. The molecule has 1 heterocycles. The number of guanidine groups is 1. The zero-order chi connectivity index (χ0) is 18.8. The number of anilines is 1. The summed E-state index contributed by atoms with van der Waals surface area (Å²) >= 11 is 3.48. The smallest absolute Gasteiger partial charge is 0.225 e. The number of amides is 1. The van der Waals surface area contributed by atoms with Gasteiger partial charge in [-0.05, 0) is 35.7 Å². The van der Waals surface area contributed by atoms with E-state index in [1.807, 2.05) is 18.2 Å². The van der Waals surface area contributed by atoms with Crippen LogP contribution in [-0.4, -0.2) is 31.5 Å². The maximum Gasteiger partial charge on any atom is 0.225 e. The third-order valence-corrected chi connectivity index (χ3v) is 5.79. The molecule has 1 aliphatic heterocycles. The first-order chi connectivity index (χ1) is 13.1. The summed E-state index contributed by atoms with van der Waals surface area (Å²) in [4.78, 5) is 16.3. The van der Waals surface area contributed by atoms with Crippen LogP contribution in [0.2, 0.25) is 0 Å². The quantitative estimate of drug-likeness (QED) is 0.301. The van der Waals surface area contributed by atoms with Crippen molar-refractivity contribution >= 4 is 57.5 Å². The maximum absolute atomic E-state index is 12.0. The molecule has 5 nitrogen and oxygen atoms in total. The lowest BCUT2D eigenvalue weighted by Gasteiger charge is -2.26. The maximum atomic E-state index is 12.0. The molecule has 0 aromatic heterocycles. The summed E-state index contributed by atoms with van der Waals surface area (Å²) < 4.78 is 1.10. The minimum Gasteiger partial charge on any atom is -0.356 e. The molecule has 4 rings (SSSR count). The van der Waals surface area contributed by atoms with Gasteiger partial charge in [-0.2, -0.15) is 0 Å². The van der Waals surface area contributed by atoms with E-state index >= 15 is 0 Å². The predicted octanol–water partition coefficient (Wildman–Crippen LogP) is 4.21. The zero-order valence-corrected chi connectivity index (χ0v) is 19.5. The molecule has 0 bridgehead atoms. The van der Waals surface area contributed by atoms with Gasteiger partial charge in [0.25, 0.3) is 0 Å². The van der Waals surface area contributed by atoms with Crippen LogP contribution < -0.4 is 16.0 Å². The van der Waals surface area contributed by atoms with E-state index in [1.165, 1.54) is 11.1 Å². The average Bonchev–Trinajstić information content (AvgIpc) is 3.44. The summed E-state index contributed by atoms with van der Waals surface area (Å²) in [5.74, 6) is 1.54. The van der Waals surface area contributed by atoms with Crippen LogP contribution in [0.25, 0.3) is 0 Å². The van der Waals surface area contributed by atoms with Gasteiger partial charge in [0.15, 0.2) is 5.96 Å². The highest BCUT2D eigenvalue weighted by Crippen LogP contribution is 2.41. The third kappa shape index (κ3) is 4.86. The van der Waals surface area contributed by atoms with E-state index in [0.29, 0.717) is 24.9 Å². The lowest BCUT2D eigenvalue weighted by Crippen LogP contribution is -2.42. The molecular formula is C21H24BrIN4O. The number of fused-ring (bicyclic) bond motifs is 1. The highest BCUT2D eigenvalue weighted by Gasteiger charge is 2.39. The van der Waals surface area contributed by atoms with Gasteiger partial charge in [0, 0.05) is 48.1 Å². The van der Waals surface area contributed by atoms with E-state index in [2.05, 4.69) is 67.2 Å². The molecule has 2 aliphatic rings. The Bertz CT molecular complexity index is 871. The van der Waals surface area contributed by atoms with Crippen LogP contribution in [0.3, 0.4) is 0 Å². The van der Waals surface area contributed by atoms with Crippen molar-refractivity contribution < 1.29 is 4.79 Å². The molecule has 1 aliphatic carbocycles. The van der Waals surface area contributed by atoms with Crippen molar-refractivity contribution in [3.8, 4) is 0 Å². The Kier molecular flexibility index (Phi) is 6.98. The lowest BCUT2D eigenvalue weighted by atomic mass is 9.90. The molecule has 148 valence electrons. The van der Waals surface area contributed by atoms with Crippen molar-refractivity contribution in [2.75, 3.05) is 18.9 Å². The highest BCUT2D eigenvalue weighted by molar-refractivity contribution is 14.0. The van der Waals surface area contributed by atoms with Crippen molar-refractivity contribution in [3.63, 3.8) is 0 Å². The average molecular weight is 555 g/mol. The number of hydrogen-bond donors (Lipinski definition) is 3. The van der Waals surface area contributed by atoms with Gasteiger partial charge >= 0.3 is 0 Å². The minimum atomic E-state index is 0. The molecule has 3 N–H and O–H groups in total. The zero-order valence-electron chi connectivity index (χ0n) is 15.6. The number of halogens is 2. The Morgan fingerprint density at radius 2 is 1.96 bits per heavy atom. The second kappa shape index (κ2) is 9.26. The molecule has 0 radical (unpaired) electrons. The monoisotopic (exact) mass is 554 g/mol. The molecule has 2 aromatic carbocycles. The van der Waals surface area contributed by atoms with E-state index < -0.39 is 0 Å². The van der Waals surface area contributed by atoms with Crippen molar-refractivity contribution in [1.29, 1.82) is 0 Å². The van der Waals surface area contributed by atoms with Gasteiger partial charge < -0.3 is 16.0 Å². The fraction of sp³-hybridized carbons (Fsp3) is 0.333. The van der Waals surface area contributed by atoms with Gasteiger partial charge in [0.1, 0.15) is 0 Å². The number of nitrogens with zero attached hydrogens (tertiary/aromatic N) is 1. The van der Waals surface area contributed by atoms with Crippen LogP contribution in [-0.2, 0) is 4.79 Å². The highest BCUT2D eigenvalue weighted by atomic mass is 127. The predicted molar refractivity (Wildman–Crippen MR) is 128 cm³/mol. The number of para-hydroxylation sites is 1. The van der Waals surface area contributed by atoms with Gasteiger partial charge in [0.2, 0.25) is 5.91 Å². The first-order valence-corrected chi connectivity index (χ1v) is 10.0. The molecule has 0 saturated heterocycles. The van der Waals surface area contributed by atoms with E-state index in [4.69, 9.17) is 0 Å². The van der Waals surface area contributed by atoms with Crippen molar-refractivity contribution in [3.05, 3.63) is 64.1 Å². The largest absolute Gasteiger partial charge is 0.356 e. The van der Waals surface area contributed by atoms with Crippen LogP contribution in [0.15, 0.2) is 58.0 Å². The molecule has 1 saturated carbocycles. The molecule has 1 fully saturated rings. The summed E-state index contributed by atoms with van der Waals surface area (Å²) in [5, 5.41) is 9.86. The van der Waals surface area contributed by atoms with Crippen LogP contribution >= 0.6 is 39.9 Å². The molecule has 2 aromatic rings. The molecule has 7 heteroatoms. The van der Waals surface area contributed by atoms with E-state index in [-0.39, 0.29) is 35.8 Å². The number of aliphatic imine (C=N–C) groups is 1. The van der Waals surface area contributed by atoms with Crippen LogP contribution in [0.1, 0.15) is 35.8 Å². The molecule has 1 amide bonds. The lowest BCUT2D eigenvalue weighted by molar-refractivity contribution is -0.116. The Labute approximate surface area is 190 Å². The first kappa shape index (κ1) is 21.1. The Morgan fingerprint density at radius 3 is 2.71 bits per heavy atom. The number of rotatable bonds is 4. The number of benzene rings is 2. The summed E-state index contributed by atoms with van der Waals surface area (Å²) in [6.07, 6.45) is 1.60. The Hall–Kier alpha value is -1.61. The van der Waals surface area contributed by atoms with Gasteiger partial charge in [-0.3, -0.25) is 9.79 Å². The summed E-state index contributed by atoms with van der Waals surface area (Å²) in [6.45, 7) is 0.680. The Balaban J connectivity index is 0.00000225. The van der Waals surface area contributed by atoms with E-state index in [1.54, 1.807) is 7.05 Å². The second-order valence-electron chi connectivity index (χ2n) is 7.13. The van der Waals surface area contributed by atoms with Crippen molar-refractivity contribution in [2.24, 2.45) is 4.99 Å². The molecule has 28 heavy (non-hydrogen) atoms. The van der Waals surface area contributed by atoms with Gasteiger partial charge in [-0.15, -0.1) is 24.0 Å². The van der Waals surface area contributed by atoms with Crippen molar-refractivity contribution in [2.45, 2.75) is 30.7 Å². The van der Waals surface area contributed by atoms with Gasteiger partial charge in [-0.1, -0.05) is 46.3 Å². The van der Waals surface area contributed by atoms with Gasteiger partial charge in [-0.25, -0.2) is 0 Å². The topological polar surface area (TPSA) is 65.5 Å². The molecule has 3 atom stereocenters. The summed E-state index contributed by atoms with van der Waals surface area (Å²) in [6, 6.07) is 16.9. The number of carbonyl (C=O) groups is 1. The van der Waals surface area contributed by atoms with Crippen LogP contribution in [0.4, 0.5) is 5.69 Å². The summed E-state index contributed by atoms with van der Waals surface area (Å²) in [7, 11) is 1.79. The molecule has 3 unspecified atom stereocenters. The molecule has 0 spiro atoms. The standard InChI is InChI=1S/C21H23BrN4O.HI/c1-23-21(26-19-11-17(19)13-6-8-15(22)9-7-13)24-12-14-10-20(27)25-18-5-3-2-4-16(14)18;/h2-9,14,17,19H,10-12H2,1H3,(H,25,27)(H2,23,24,26);1H. The Morgan fingerprint density at radius 1 is 1.21 bits per heavy atom. The second-order valence-corrected chi connectivity index (χ2v) is 8.05. The number of carbonyl (C=O) groups excluding carboxylic acids is 1. The number of hydrogen-bond acceptors (Lipinski definition) is 2. The van der Waals surface area contributed by atoms with Crippen LogP contribution in [0, 0.1) is 0 Å². The summed E-state index contributed by atoms with van der Waals surface area (Å²) in [5.41, 5.74) is 3.45. The number of nitrogens with one attached hydrogen (secondary N) is 3. The van der Waals surface area contributed by atoms with Crippen LogP contribution in [0.5, 0.6) is 0 Å². The van der Waals surface area contributed by atoms with Gasteiger partial charge in [0.05, 0.1) is 0 Å². The van der Waals surface area contributed by atoms with E-state index in [9.17, 15) is 4.79 Å². The molecular weight excluding hydrogens is 531 g/mol. The fourth-order valence-corrected chi connectivity index (χ4v) is 3.97. The van der Waals surface area contributed by atoms with Crippen molar-refractivity contribution in [1.82, 2.24) is 10.6 Å². The minimum absolute atomic E-state index is 0. The third-order valence-electron chi connectivity index (χ3n) is 5.26. The van der Waals surface area contributed by atoms with E-state index in [0.717, 1.165) is 22.5 Å². The SMILES string of the molecule is CN=C(NCC1CC(=O)Nc2ccccc21)NC1CC1c1ccc(Br)cc1.I.